The first kappa shape index (κ1) is 11.9. The standard InChI is InChI=1S/C12H14N6/c1-17(7-10-4-3-5-14-10)11-6-12(16-9-15-11)18(2)8-13/h3-6,9,14H,7H2,1-2H3. The maximum atomic E-state index is 8.82. The monoisotopic (exact) mass is 242 g/mol. The fraction of sp³-hybridized carbons (Fsp3) is 0.250. The Kier molecular flexibility index (Phi) is 3.44. The first-order valence-electron chi connectivity index (χ1n) is 5.49. The molecule has 6 nitrogen and oxygen atoms in total. The van der Waals surface area contributed by atoms with Crippen LogP contribution in [0.2, 0.25) is 0 Å². The Hall–Kier alpha value is -2.55. The van der Waals surface area contributed by atoms with Gasteiger partial charge in [0.2, 0.25) is 0 Å². The van der Waals surface area contributed by atoms with Crippen molar-refractivity contribution in [2.24, 2.45) is 0 Å². The molecule has 0 unspecified atom stereocenters. The van der Waals surface area contributed by atoms with Gasteiger partial charge in [0.1, 0.15) is 18.0 Å². The van der Waals surface area contributed by atoms with Gasteiger partial charge in [0.05, 0.1) is 6.54 Å². The van der Waals surface area contributed by atoms with Crippen molar-refractivity contribution in [3.63, 3.8) is 0 Å². The molecule has 2 aromatic heterocycles. The van der Waals surface area contributed by atoms with E-state index in [0.29, 0.717) is 5.82 Å². The van der Waals surface area contributed by atoms with E-state index < -0.39 is 0 Å². The van der Waals surface area contributed by atoms with E-state index in [-0.39, 0.29) is 0 Å². The molecule has 0 aromatic carbocycles. The highest BCUT2D eigenvalue weighted by atomic mass is 15.2. The summed E-state index contributed by atoms with van der Waals surface area (Å²) in [6.45, 7) is 0.722. The minimum absolute atomic E-state index is 0.584. The number of aromatic nitrogens is 3. The molecule has 0 saturated heterocycles. The molecule has 0 atom stereocenters. The molecule has 0 saturated carbocycles. The van der Waals surface area contributed by atoms with Crippen molar-refractivity contribution in [3.8, 4) is 6.19 Å². The number of hydrogen-bond donors (Lipinski definition) is 1. The lowest BCUT2D eigenvalue weighted by Crippen LogP contribution is -2.19. The van der Waals surface area contributed by atoms with Crippen LogP contribution in [0.1, 0.15) is 5.69 Å². The molecule has 92 valence electrons. The lowest BCUT2D eigenvalue weighted by Gasteiger charge is -2.18. The van der Waals surface area contributed by atoms with Gasteiger partial charge >= 0.3 is 0 Å². The number of rotatable bonds is 4. The van der Waals surface area contributed by atoms with Crippen molar-refractivity contribution in [3.05, 3.63) is 36.4 Å². The molecule has 0 aliphatic heterocycles. The minimum Gasteiger partial charge on any atom is -0.364 e. The van der Waals surface area contributed by atoms with Crippen molar-refractivity contribution in [1.82, 2.24) is 15.0 Å². The number of nitrogens with one attached hydrogen (secondary N) is 1. The van der Waals surface area contributed by atoms with Gasteiger partial charge in [0, 0.05) is 32.1 Å². The van der Waals surface area contributed by atoms with E-state index in [1.54, 1.807) is 13.1 Å². The van der Waals surface area contributed by atoms with Crippen molar-refractivity contribution in [2.45, 2.75) is 6.54 Å². The summed E-state index contributed by atoms with van der Waals surface area (Å²) in [5.74, 6) is 1.36. The fourth-order valence-corrected chi connectivity index (χ4v) is 1.58. The van der Waals surface area contributed by atoms with Crippen LogP contribution in [0.3, 0.4) is 0 Å². The highest BCUT2D eigenvalue weighted by Crippen LogP contribution is 2.16. The molecule has 0 bridgehead atoms. The van der Waals surface area contributed by atoms with Gasteiger partial charge in [-0.25, -0.2) is 9.97 Å². The Morgan fingerprint density at radius 1 is 1.33 bits per heavy atom. The number of nitrogens with zero attached hydrogens (tertiary/aromatic N) is 5. The van der Waals surface area contributed by atoms with Gasteiger partial charge in [-0.05, 0) is 12.1 Å². The summed E-state index contributed by atoms with van der Waals surface area (Å²) in [4.78, 5) is 14.8. The molecule has 1 N–H and O–H groups in total. The van der Waals surface area contributed by atoms with Crippen LogP contribution >= 0.6 is 0 Å². The van der Waals surface area contributed by atoms with Crippen LogP contribution in [0.25, 0.3) is 0 Å². The third kappa shape index (κ3) is 2.58. The molecule has 18 heavy (non-hydrogen) atoms. The van der Waals surface area contributed by atoms with E-state index in [1.807, 2.05) is 36.5 Å². The number of anilines is 2. The molecule has 2 aromatic rings. The second-order valence-electron chi connectivity index (χ2n) is 3.94. The Morgan fingerprint density at radius 2 is 2.11 bits per heavy atom. The largest absolute Gasteiger partial charge is 0.364 e. The maximum Gasteiger partial charge on any atom is 0.185 e. The molecular formula is C12H14N6. The van der Waals surface area contributed by atoms with Crippen LogP contribution in [0.15, 0.2) is 30.7 Å². The van der Waals surface area contributed by atoms with Gasteiger partial charge in [-0.15, -0.1) is 0 Å². The molecule has 0 aliphatic carbocycles. The highest BCUT2D eigenvalue weighted by Gasteiger charge is 2.07. The molecule has 2 heterocycles. The van der Waals surface area contributed by atoms with E-state index in [4.69, 9.17) is 5.26 Å². The van der Waals surface area contributed by atoms with E-state index in [9.17, 15) is 0 Å². The summed E-state index contributed by atoms with van der Waals surface area (Å²) in [6.07, 6.45) is 5.36. The predicted octanol–water partition coefficient (Wildman–Crippen LogP) is 1.36. The molecule has 0 radical (unpaired) electrons. The third-order valence-corrected chi connectivity index (χ3v) is 2.59. The van der Waals surface area contributed by atoms with Crippen molar-refractivity contribution in [1.29, 1.82) is 5.26 Å². The molecular weight excluding hydrogens is 228 g/mol. The molecule has 0 fully saturated rings. The first-order chi connectivity index (χ1) is 8.70. The average Bonchev–Trinajstić information content (AvgIpc) is 2.90. The zero-order valence-corrected chi connectivity index (χ0v) is 10.3. The summed E-state index contributed by atoms with van der Waals surface area (Å²) >= 11 is 0. The van der Waals surface area contributed by atoms with Gasteiger partial charge < -0.3 is 9.88 Å². The second-order valence-corrected chi connectivity index (χ2v) is 3.94. The number of hydrogen-bond acceptors (Lipinski definition) is 5. The summed E-state index contributed by atoms with van der Waals surface area (Å²) < 4.78 is 0. The van der Waals surface area contributed by atoms with Crippen molar-refractivity contribution >= 4 is 11.6 Å². The average molecular weight is 242 g/mol. The van der Waals surface area contributed by atoms with E-state index >= 15 is 0 Å². The normalized spacial score (nSPS) is 9.83. The van der Waals surface area contributed by atoms with Crippen molar-refractivity contribution in [2.75, 3.05) is 23.9 Å². The van der Waals surface area contributed by atoms with Gasteiger partial charge in [0.15, 0.2) is 6.19 Å². The summed E-state index contributed by atoms with van der Waals surface area (Å²) in [5.41, 5.74) is 1.10. The fourth-order valence-electron chi connectivity index (χ4n) is 1.58. The van der Waals surface area contributed by atoms with Crippen LogP contribution in [-0.4, -0.2) is 29.0 Å². The third-order valence-electron chi connectivity index (χ3n) is 2.59. The van der Waals surface area contributed by atoms with E-state index in [0.717, 1.165) is 18.1 Å². The van der Waals surface area contributed by atoms with Crippen LogP contribution in [0, 0.1) is 11.5 Å². The van der Waals surface area contributed by atoms with Crippen LogP contribution < -0.4 is 9.80 Å². The SMILES string of the molecule is CN(C#N)c1cc(N(C)Cc2ccc[nH]2)ncn1. The second kappa shape index (κ2) is 5.19. The minimum atomic E-state index is 0.584. The Morgan fingerprint density at radius 3 is 2.78 bits per heavy atom. The highest BCUT2D eigenvalue weighted by molar-refractivity contribution is 5.51. The van der Waals surface area contributed by atoms with Gasteiger partial charge in [-0.1, -0.05) is 0 Å². The zero-order chi connectivity index (χ0) is 13.0. The summed E-state index contributed by atoms with van der Waals surface area (Å²) in [6, 6.07) is 5.75. The topological polar surface area (TPSA) is 71.8 Å². The number of H-pyrrole nitrogens is 1. The Balaban J connectivity index is 2.15. The zero-order valence-electron chi connectivity index (χ0n) is 10.3. The summed E-state index contributed by atoms with van der Waals surface area (Å²) in [5, 5.41) is 8.82. The maximum absolute atomic E-state index is 8.82. The molecule has 0 spiro atoms. The van der Waals surface area contributed by atoms with Crippen LogP contribution in [0.5, 0.6) is 0 Å². The van der Waals surface area contributed by atoms with Gasteiger partial charge in [-0.2, -0.15) is 5.26 Å². The van der Waals surface area contributed by atoms with Gasteiger partial charge in [-0.3, -0.25) is 4.90 Å². The summed E-state index contributed by atoms with van der Waals surface area (Å²) in [7, 11) is 3.61. The quantitative estimate of drug-likeness (QED) is 0.647. The van der Waals surface area contributed by atoms with E-state index in [1.165, 1.54) is 11.2 Å². The Bertz CT molecular complexity index is 542. The van der Waals surface area contributed by atoms with E-state index in [2.05, 4.69) is 15.0 Å². The Labute approximate surface area is 106 Å². The molecule has 0 amide bonds. The number of nitriles is 1. The van der Waals surface area contributed by atoms with Gasteiger partial charge in [0.25, 0.3) is 0 Å². The lowest BCUT2D eigenvalue weighted by molar-refractivity contribution is 0.867. The van der Waals surface area contributed by atoms with Crippen molar-refractivity contribution < 1.29 is 0 Å². The smallest absolute Gasteiger partial charge is 0.185 e. The van der Waals surface area contributed by atoms with Crippen LogP contribution in [-0.2, 0) is 6.54 Å². The van der Waals surface area contributed by atoms with Crippen LogP contribution in [0.4, 0.5) is 11.6 Å². The molecule has 6 heteroatoms. The lowest BCUT2D eigenvalue weighted by atomic mass is 10.4. The molecule has 0 aliphatic rings. The first-order valence-corrected chi connectivity index (χ1v) is 5.49. The predicted molar refractivity (Wildman–Crippen MR) is 68.9 cm³/mol. The number of aromatic amines is 1. The molecule has 2 rings (SSSR count).